The van der Waals surface area contributed by atoms with Crippen LogP contribution in [-0.2, 0) is 6.54 Å². The highest BCUT2D eigenvalue weighted by Gasteiger charge is 2.11. The summed E-state index contributed by atoms with van der Waals surface area (Å²) in [6.07, 6.45) is 1.62. The Hall–Kier alpha value is -1.88. The minimum atomic E-state index is -0.400. The Bertz CT molecular complexity index is 569. The Morgan fingerprint density at radius 1 is 1.42 bits per heavy atom. The van der Waals surface area contributed by atoms with Gasteiger partial charge in [0, 0.05) is 17.8 Å². The van der Waals surface area contributed by atoms with E-state index >= 15 is 0 Å². The Balaban J connectivity index is 2.23. The van der Waals surface area contributed by atoms with E-state index in [1.807, 2.05) is 30.0 Å². The van der Waals surface area contributed by atoms with Crippen LogP contribution in [0.5, 0.6) is 0 Å². The van der Waals surface area contributed by atoms with Crippen LogP contribution in [0.1, 0.15) is 18.2 Å². The van der Waals surface area contributed by atoms with Gasteiger partial charge in [0.25, 0.3) is 0 Å². The van der Waals surface area contributed by atoms with Gasteiger partial charge in [0.1, 0.15) is 16.6 Å². The summed E-state index contributed by atoms with van der Waals surface area (Å²) in [5.74, 6) is 0.434. The fourth-order valence-corrected chi connectivity index (χ4v) is 2.04. The molecule has 0 atom stereocenters. The van der Waals surface area contributed by atoms with Crippen molar-refractivity contribution in [2.75, 3.05) is 11.4 Å². The minimum absolute atomic E-state index is 0.0677. The third-order valence-electron chi connectivity index (χ3n) is 2.89. The number of benzene rings is 1. The molecule has 0 spiro atoms. The molecule has 0 radical (unpaired) electrons. The van der Waals surface area contributed by atoms with Crippen LogP contribution >= 0.6 is 12.2 Å². The molecule has 0 aliphatic carbocycles. The zero-order valence-corrected chi connectivity index (χ0v) is 11.4. The number of hydrogen-bond donors (Lipinski definition) is 1. The van der Waals surface area contributed by atoms with Gasteiger partial charge in [-0.2, -0.15) is 0 Å². The van der Waals surface area contributed by atoms with Crippen molar-refractivity contribution in [2.45, 2.75) is 13.5 Å². The summed E-state index contributed by atoms with van der Waals surface area (Å²) >= 11 is 4.79. The van der Waals surface area contributed by atoms with Crippen molar-refractivity contribution in [1.29, 1.82) is 0 Å². The number of rotatable bonds is 5. The van der Waals surface area contributed by atoms with Crippen LogP contribution in [0, 0.1) is 5.82 Å². The first kappa shape index (κ1) is 13.5. The lowest BCUT2D eigenvalue weighted by Gasteiger charge is -2.22. The normalized spacial score (nSPS) is 10.4. The highest BCUT2D eigenvalue weighted by atomic mass is 32.1. The fourth-order valence-electron chi connectivity index (χ4n) is 1.88. The third-order valence-corrected chi connectivity index (χ3v) is 3.11. The monoisotopic (exact) mass is 278 g/mol. The number of nitrogens with zero attached hydrogens (tertiary/aromatic N) is 1. The number of furan rings is 1. The average molecular weight is 278 g/mol. The third kappa shape index (κ3) is 3.12. The highest BCUT2D eigenvalue weighted by molar-refractivity contribution is 7.80. The second-order valence-electron chi connectivity index (χ2n) is 4.12. The van der Waals surface area contributed by atoms with E-state index in [2.05, 4.69) is 0 Å². The molecule has 0 unspecified atom stereocenters. The van der Waals surface area contributed by atoms with Gasteiger partial charge in [-0.3, -0.25) is 0 Å². The van der Waals surface area contributed by atoms with Crippen LogP contribution in [0.25, 0.3) is 0 Å². The van der Waals surface area contributed by atoms with Crippen molar-refractivity contribution < 1.29 is 8.81 Å². The summed E-state index contributed by atoms with van der Waals surface area (Å²) in [6.45, 7) is 3.34. The van der Waals surface area contributed by atoms with E-state index in [1.54, 1.807) is 12.3 Å². The molecule has 0 aliphatic heterocycles. The maximum absolute atomic E-state index is 13.9. The van der Waals surface area contributed by atoms with Gasteiger partial charge in [0.15, 0.2) is 0 Å². The predicted molar refractivity (Wildman–Crippen MR) is 77.7 cm³/mol. The lowest BCUT2D eigenvalue weighted by molar-refractivity contribution is 0.503. The molecule has 0 aliphatic rings. The average Bonchev–Trinajstić information content (AvgIpc) is 2.88. The zero-order chi connectivity index (χ0) is 13.8. The molecule has 1 aromatic carbocycles. The summed E-state index contributed by atoms with van der Waals surface area (Å²) < 4.78 is 19.2. The summed E-state index contributed by atoms with van der Waals surface area (Å²) in [5, 5.41) is 0. The molecule has 2 N–H and O–H groups in total. The molecule has 5 heteroatoms. The number of halogens is 1. The van der Waals surface area contributed by atoms with Crippen LogP contribution in [0.3, 0.4) is 0 Å². The quantitative estimate of drug-likeness (QED) is 0.854. The molecule has 19 heavy (non-hydrogen) atoms. The van der Waals surface area contributed by atoms with E-state index in [-0.39, 0.29) is 10.6 Å². The molecule has 2 aromatic rings. The molecule has 1 heterocycles. The molecule has 2 rings (SSSR count). The highest BCUT2D eigenvalue weighted by Crippen LogP contribution is 2.20. The molecule has 1 aromatic heterocycles. The number of hydrogen-bond acceptors (Lipinski definition) is 3. The van der Waals surface area contributed by atoms with Gasteiger partial charge in [0.2, 0.25) is 0 Å². The number of nitrogens with two attached hydrogens (primary N) is 1. The Morgan fingerprint density at radius 3 is 2.74 bits per heavy atom. The molecule has 3 nitrogen and oxygen atoms in total. The molecular weight excluding hydrogens is 263 g/mol. The van der Waals surface area contributed by atoms with Crippen molar-refractivity contribution in [3.8, 4) is 0 Å². The van der Waals surface area contributed by atoms with Crippen molar-refractivity contribution in [2.24, 2.45) is 5.73 Å². The number of anilines is 1. The topological polar surface area (TPSA) is 42.4 Å². The van der Waals surface area contributed by atoms with Gasteiger partial charge in [-0.25, -0.2) is 4.39 Å². The van der Waals surface area contributed by atoms with Crippen LogP contribution in [0.4, 0.5) is 10.1 Å². The first-order valence-electron chi connectivity index (χ1n) is 5.98. The molecule has 0 amide bonds. The second kappa shape index (κ2) is 5.84. The Kier molecular flexibility index (Phi) is 4.16. The van der Waals surface area contributed by atoms with E-state index in [0.717, 1.165) is 18.0 Å². The van der Waals surface area contributed by atoms with Crippen LogP contribution in [0.15, 0.2) is 41.0 Å². The van der Waals surface area contributed by atoms with Gasteiger partial charge < -0.3 is 15.1 Å². The SMILES string of the molecule is CCN(Cc1ccco1)c1ccc(C(N)=S)c(F)c1. The molecule has 0 saturated carbocycles. The minimum Gasteiger partial charge on any atom is -0.467 e. The van der Waals surface area contributed by atoms with Crippen molar-refractivity contribution in [3.05, 3.63) is 53.7 Å². The van der Waals surface area contributed by atoms with Crippen LogP contribution in [0.2, 0.25) is 0 Å². The van der Waals surface area contributed by atoms with Gasteiger partial charge >= 0.3 is 0 Å². The summed E-state index contributed by atoms with van der Waals surface area (Å²) in [5.41, 5.74) is 6.49. The van der Waals surface area contributed by atoms with E-state index in [9.17, 15) is 4.39 Å². The Morgan fingerprint density at radius 2 is 2.21 bits per heavy atom. The van der Waals surface area contributed by atoms with E-state index in [0.29, 0.717) is 6.54 Å². The smallest absolute Gasteiger partial charge is 0.135 e. The summed E-state index contributed by atoms with van der Waals surface area (Å²) in [4.78, 5) is 2.07. The second-order valence-corrected chi connectivity index (χ2v) is 4.56. The predicted octanol–water partition coefficient (Wildman–Crippen LogP) is 3.08. The first-order chi connectivity index (χ1) is 9.11. The summed E-state index contributed by atoms with van der Waals surface area (Å²) in [7, 11) is 0. The standard InChI is InChI=1S/C14H15FN2OS/c1-2-17(9-11-4-3-7-18-11)10-5-6-12(14(16)19)13(15)8-10/h3-8H,2,9H2,1H3,(H2,16,19). The lowest BCUT2D eigenvalue weighted by atomic mass is 10.1. The van der Waals surface area contributed by atoms with E-state index in [1.165, 1.54) is 6.07 Å². The molecule has 0 fully saturated rings. The molecular formula is C14H15FN2OS. The van der Waals surface area contributed by atoms with Crippen LogP contribution in [-0.4, -0.2) is 11.5 Å². The molecule has 0 saturated heterocycles. The van der Waals surface area contributed by atoms with Gasteiger partial charge in [0.05, 0.1) is 12.8 Å². The van der Waals surface area contributed by atoms with Crippen molar-refractivity contribution in [1.82, 2.24) is 0 Å². The summed E-state index contributed by atoms with van der Waals surface area (Å²) in [6, 6.07) is 8.59. The van der Waals surface area contributed by atoms with E-state index < -0.39 is 5.82 Å². The Labute approximate surface area is 116 Å². The first-order valence-corrected chi connectivity index (χ1v) is 6.39. The van der Waals surface area contributed by atoms with Gasteiger partial charge in [-0.05, 0) is 37.3 Å². The molecule has 0 bridgehead atoms. The fraction of sp³-hybridized carbons (Fsp3) is 0.214. The number of thiocarbonyl (C=S) groups is 1. The molecule has 100 valence electrons. The van der Waals surface area contributed by atoms with Gasteiger partial charge in [-0.1, -0.05) is 12.2 Å². The van der Waals surface area contributed by atoms with E-state index in [4.69, 9.17) is 22.4 Å². The lowest BCUT2D eigenvalue weighted by Crippen LogP contribution is -2.22. The van der Waals surface area contributed by atoms with Gasteiger partial charge in [-0.15, -0.1) is 0 Å². The zero-order valence-electron chi connectivity index (χ0n) is 10.6. The van der Waals surface area contributed by atoms with Crippen molar-refractivity contribution in [3.63, 3.8) is 0 Å². The maximum Gasteiger partial charge on any atom is 0.135 e. The van der Waals surface area contributed by atoms with Crippen molar-refractivity contribution >= 4 is 22.9 Å². The largest absolute Gasteiger partial charge is 0.467 e. The van der Waals surface area contributed by atoms with Crippen LogP contribution < -0.4 is 10.6 Å². The maximum atomic E-state index is 13.9.